The van der Waals surface area contributed by atoms with E-state index in [0.717, 1.165) is 24.6 Å². The van der Waals surface area contributed by atoms with Gasteiger partial charge in [-0.15, -0.1) is 0 Å². The standard InChI is InChI=1S/C12H20N4O/c1-4-13-12(14-5-2)16-9-10-6-7-11(17-3)15-8-10/h6-8H,4-5,9H2,1-3H3,(H2,13,14,16). The second-order valence-electron chi connectivity index (χ2n) is 3.43. The number of aromatic nitrogens is 1. The van der Waals surface area contributed by atoms with Gasteiger partial charge in [-0.3, -0.25) is 0 Å². The number of ether oxygens (including phenoxy) is 1. The number of rotatable bonds is 5. The molecular formula is C12H20N4O. The van der Waals surface area contributed by atoms with Gasteiger partial charge >= 0.3 is 0 Å². The number of pyridine rings is 1. The van der Waals surface area contributed by atoms with Gasteiger partial charge in [0.05, 0.1) is 13.7 Å². The first kappa shape index (κ1) is 13.3. The van der Waals surface area contributed by atoms with Gasteiger partial charge in [0, 0.05) is 25.4 Å². The summed E-state index contributed by atoms with van der Waals surface area (Å²) in [5, 5.41) is 6.34. The maximum Gasteiger partial charge on any atom is 0.212 e. The van der Waals surface area contributed by atoms with Crippen LogP contribution in [0.1, 0.15) is 19.4 Å². The van der Waals surface area contributed by atoms with E-state index in [-0.39, 0.29) is 0 Å². The van der Waals surface area contributed by atoms with Gasteiger partial charge < -0.3 is 15.4 Å². The maximum atomic E-state index is 5.00. The van der Waals surface area contributed by atoms with E-state index in [0.29, 0.717) is 12.4 Å². The van der Waals surface area contributed by atoms with E-state index in [1.807, 2.05) is 26.0 Å². The molecule has 5 heteroatoms. The summed E-state index contributed by atoms with van der Waals surface area (Å²) < 4.78 is 5.00. The molecule has 0 aliphatic rings. The number of nitrogens with zero attached hydrogens (tertiary/aromatic N) is 2. The topological polar surface area (TPSA) is 58.5 Å². The minimum Gasteiger partial charge on any atom is -0.481 e. The Morgan fingerprint density at radius 2 is 2.00 bits per heavy atom. The second kappa shape index (κ2) is 7.49. The third-order valence-corrected chi connectivity index (χ3v) is 2.11. The normalized spacial score (nSPS) is 9.59. The van der Waals surface area contributed by atoms with Crippen molar-refractivity contribution < 1.29 is 4.74 Å². The third kappa shape index (κ3) is 4.72. The molecule has 0 atom stereocenters. The summed E-state index contributed by atoms with van der Waals surface area (Å²) in [6, 6.07) is 3.80. The maximum absolute atomic E-state index is 5.00. The Balaban J connectivity index is 2.58. The molecule has 0 aromatic carbocycles. The van der Waals surface area contributed by atoms with Gasteiger partial charge in [0.2, 0.25) is 5.88 Å². The molecule has 1 aromatic rings. The van der Waals surface area contributed by atoms with Crippen LogP contribution in [0.2, 0.25) is 0 Å². The smallest absolute Gasteiger partial charge is 0.212 e. The molecule has 0 unspecified atom stereocenters. The van der Waals surface area contributed by atoms with E-state index in [2.05, 4.69) is 20.6 Å². The summed E-state index contributed by atoms with van der Waals surface area (Å²) in [6.07, 6.45) is 1.78. The van der Waals surface area contributed by atoms with Gasteiger partial charge in [-0.1, -0.05) is 6.07 Å². The molecule has 0 fully saturated rings. The van der Waals surface area contributed by atoms with E-state index >= 15 is 0 Å². The molecule has 1 aromatic heterocycles. The molecule has 17 heavy (non-hydrogen) atoms. The fourth-order valence-corrected chi connectivity index (χ4v) is 1.30. The average Bonchev–Trinajstić information content (AvgIpc) is 2.37. The molecule has 0 radical (unpaired) electrons. The van der Waals surface area contributed by atoms with Crippen molar-refractivity contribution in [2.24, 2.45) is 4.99 Å². The highest BCUT2D eigenvalue weighted by atomic mass is 16.5. The van der Waals surface area contributed by atoms with Crippen LogP contribution >= 0.6 is 0 Å². The molecule has 5 nitrogen and oxygen atoms in total. The molecule has 94 valence electrons. The van der Waals surface area contributed by atoms with Gasteiger partial charge in [-0.25, -0.2) is 9.98 Å². The predicted molar refractivity (Wildman–Crippen MR) is 69.3 cm³/mol. The molecule has 0 saturated carbocycles. The summed E-state index contributed by atoms with van der Waals surface area (Å²) in [6.45, 7) is 6.40. The predicted octanol–water partition coefficient (Wildman–Crippen LogP) is 1.17. The van der Waals surface area contributed by atoms with Crippen LogP contribution in [0.3, 0.4) is 0 Å². The first-order valence-electron chi connectivity index (χ1n) is 5.81. The summed E-state index contributed by atoms with van der Waals surface area (Å²) in [7, 11) is 1.61. The number of methoxy groups -OCH3 is 1. The molecule has 0 spiro atoms. The van der Waals surface area contributed by atoms with Crippen LogP contribution in [-0.2, 0) is 6.54 Å². The van der Waals surface area contributed by atoms with Gasteiger partial charge in [0.1, 0.15) is 0 Å². The lowest BCUT2D eigenvalue weighted by Gasteiger charge is -2.08. The van der Waals surface area contributed by atoms with Crippen molar-refractivity contribution >= 4 is 5.96 Å². The number of hydrogen-bond acceptors (Lipinski definition) is 3. The molecule has 1 heterocycles. The van der Waals surface area contributed by atoms with E-state index < -0.39 is 0 Å². The first-order valence-corrected chi connectivity index (χ1v) is 5.81. The summed E-state index contributed by atoms with van der Waals surface area (Å²) >= 11 is 0. The minimum absolute atomic E-state index is 0.603. The van der Waals surface area contributed by atoms with Gasteiger partial charge in [-0.05, 0) is 19.4 Å². The van der Waals surface area contributed by atoms with Crippen molar-refractivity contribution in [3.8, 4) is 5.88 Å². The summed E-state index contributed by atoms with van der Waals surface area (Å²) in [4.78, 5) is 8.58. The quantitative estimate of drug-likeness (QED) is 0.595. The highest BCUT2D eigenvalue weighted by Gasteiger charge is 1.97. The molecule has 0 aliphatic heterocycles. The van der Waals surface area contributed by atoms with Crippen molar-refractivity contribution in [2.75, 3.05) is 20.2 Å². The van der Waals surface area contributed by atoms with E-state index in [4.69, 9.17) is 4.74 Å². The van der Waals surface area contributed by atoms with Gasteiger partial charge in [0.15, 0.2) is 5.96 Å². The Morgan fingerprint density at radius 3 is 2.47 bits per heavy atom. The Hall–Kier alpha value is -1.78. The molecule has 0 amide bonds. The Morgan fingerprint density at radius 1 is 1.29 bits per heavy atom. The summed E-state index contributed by atoms with van der Waals surface area (Å²) in [5.41, 5.74) is 1.05. The fraction of sp³-hybridized carbons (Fsp3) is 0.500. The molecule has 0 bridgehead atoms. The lowest BCUT2D eigenvalue weighted by Crippen LogP contribution is -2.36. The first-order chi connectivity index (χ1) is 8.30. The molecule has 2 N–H and O–H groups in total. The van der Waals surface area contributed by atoms with E-state index in [1.54, 1.807) is 13.3 Å². The summed E-state index contributed by atoms with van der Waals surface area (Å²) in [5.74, 6) is 1.45. The lowest BCUT2D eigenvalue weighted by molar-refractivity contribution is 0.397. The van der Waals surface area contributed by atoms with Crippen LogP contribution in [0.5, 0.6) is 5.88 Å². The number of hydrogen-bond donors (Lipinski definition) is 2. The van der Waals surface area contributed by atoms with E-state index in [9.17, 15) is 0 Å². The van der Waals surface area contributed by atoms with Crippen molar-refractivity contribution in [1.82, 2.24) is 15.6 Å². The van der Waals surface area contributed by atoms with Crippen LogP contribution in [0.15, 0.2) is 23.3 Å². The van der Waals surface area contributed by atoms with Gasteiger partial charge in [0.25, 0.3) is 0 Å². The monoisotopic (exact) mass is 236 g/mol. The number of guanidine groups is 1. The Bertz CT molecular complexity index is 340. The van der Waals surface area contributed by atoms with E-state index in [1.165, 1.54) is 0 Å². The van der Waals surface area contributed by atoms with Crippen molar-refractivity contribution in [1.29, 1.82) is 0 Å². The van der Waals surface area contributed by atoms with Gasteiger partial charge in [-0.2, -0.15) is 0 Å². The third-order valence-electron chi connectivity index (χ3n) is 2.11. The Labute approximate surface area is 102 Å². The molecule has 0 saturated heterocycles. The zero-order chi connectivity index (χ0) is 12.5. The molecular weight excluding hydrogens is 216 g/mol. The second-order valence-corrected chi connectivity index (χ2v) is 3.43. The van der Waals surface area contributed by atoms with Crippen LogP contribution in [0, 0.1) is 0 Å². The van der Waals surface area contributed by atoms with Crippen LogP contribution in [-0.4, -0.2) is 31.1 Å². The highest BCUT2D eigenvalue weighted by molar-refractivity contribution is 5.79. The molecule has 1 rings (SSSR count). The van der Waals surface area contributed by atoms with Crippen molar-refractivity contribution in [3.63, 3.8) is 0 Å². The SMILES string of the molecule is CCNC(=NCc1ccc(OC)nc1)NCC. The van der Waals surface area contributed by atoms with Crippen LogP contribution in [0.4, 0.5) is 0 Å². The highest BCUT2D eigenvalue weighted by Crippen LogP contribution is 2.07. The Kier molecular flexibility index (Phi) is 5.85. The van der Waals surface area contributed by atoms with Crippen molar-refractivity contribution in [3.05, 3.63) is 23.9 Å². The van der Waals surface area contributed by atoms with Crippen LogP contribution < -0.4 is 15.4 Å². The largest absolute Gasteiger partial charge is 0.481 e. The lowest BCUT2D eigenvalue weighted by atomic mass is 10.3. The minimum atomic E-state index is 0.603. The number of aliphatic imine (C=N–C) groups is 1. The average molecular weight is 236 g/mol. The zero-order valence-corrected chi connectivity index (χ0v) is 10.7. The zero-order valence-electron chi connectivity index (χ0n) is 10.7. The van der Waals surface area contributed by atoms with Crippen molar-refractivity contribution in [2.45, 2.75) is 20.4 Å². The fourth-order valence-electron chi connectivity index (χ4n) is 1.30. The van der Waals surface area contributed by atoms with Crippen LogP contribution in [0.25, 0.3) is 0 Å². The number of nitrogens with one attached hydrogen (secondary N) is 2. The molecule has 0 aliphatic carbocycles.